The first-order chi connectivity index (χ1) is 12.6. The molecule has 26 heavy (non-hydrogen) atoms. The van der Waals surface area contributed by atoms with Crippen LogP contribution in [0.15, 0.2) is 71.4 Å². The molecule has 6 heteroatoms. The number of oxazole rings is 1. The highest BCUT2D eigenvalue weighted by molar-refractivity contribution is 6.05. The Morgan fingerprint density at radius 3 is 2.65 bits per heavy atom. The number of aromatic nitrogens is 2. The Bertz CT molecular complexity index is 1060. The summed E-state index contributed by atoms with van der Waals surface area (Å²) in [6.07, 6.45) is 3.88. The van der Waals surface area contributed by atoms with Gasteiger partial charge in [-0.25, -0.2) is 0 Å². The molecule has 1 N–H and O–H groups in total. The molecule has 0 atom stereocenters. The van der Waals surface area contributed by atoms with Crippen molar-refractivity contribution < 1.29 is 9.21 Å². The third-order valence-corrected chi connectivity index (χ3v) is 4.03. The van der Waals surface area contributed by atoms with Crippen LogP contribution in [0.4, 0.5) is 11.7 Å². The topological polar surface area (TPSA) is 63.3 Å². The minimum Gasteiger partial charge on any atom is -0.423 e. The molecule has 0 aliphatic heterocycles. The van der Waals surface area contributed by atoms with Gasteiger partial charge in [0.15, 0.2) is 5.58 Å². The molecule has 4 aromatic rings. The number of fused-ring (bicyclic) bond motifs is 1. The summed E-state index contributed by atoms with van der Waals surface area (Å²) in [7, 11) is 3.73. The fourth-order valence-electron chi connectivity index (χ4n) is 2.70. The average molecular weight is 346 g/mol. The minimum absolute atomic E-state index is 0.175. The van der Waals surface area contributed by atoms with E-state index in [1.807, 2.05) is 73.5 Å². The number of carbonyl (C=O) groups is 1. The van der Waals surface area contributed by atoms with Gasteiger partial charge in [0.2, 0.25) is 0 Å². The molecule has 2 aromatic heterocycles. The number of nitrogens with one attached hydrogen (secondary N) is 1. The lowest BCUT2D eigenvalue weighted by Gasteiger charge is -2.08. The fraction of sp³-hybridized carbons (Fsp3) is 0.100. The second kappa shape index (κ2) is 6.40. The smallest absolute Gasteiger partial charge is 0.297 e. The lowest BCUT2D eigenvalue weighted by Crippen LogP contribution is -2.12. The number of carbonyl (C=O) groups excluding carboxylic acids is 1. The minimum atomic E-state index is -0.175. The maximum absolute atomic E-state index is 12.6. The van der Waals surface area contributed by atoms with Crippen molar-refractivity contribution in [3.63, 3.8) is 0 Å². The summed E-state index contributed by atoms with van der Waals surface area (Å²) in [6, 6.07) is 17.3. The second-order valence-corrected chi connectivity index (χ2v) is 6.17. The quantitative estimate of drug-likeness (QED) is 0.608. The van der Waals surface area contributed by atoms with E-state index in [1.54, 1.807) is 17.0 Å². The number of rotatable bonds is 4. The molecule has 0 saturated heterocycles. The van der Waals surface area contributed by atoms with E-state index < -0.39 is 0 Å². The third kappa shape index (κ3) is 3.04. The second-order valence-electron chi connectivity index (χ2n) is 6.17. The van der Waals surface area contributed by atoms with Crippen LogP contribution in [0, 0.1) is 0 Å². The predicted octanol–water partition coefficient (Wildman–Crippen LogP) is 3.94. The molecule has 2 aromatic carbocycles. The van der Waals surface area contributed by atoms with E-state index in [1.165, 1.54) is 0 Å². The van der Waals surface area contributed by atoms with E-state index in [0.29, 0.717) is 22.8 Å². The van der Waals surface area contributed by atoms with Gasteiger partial charge in [-0.3, -0.25) is 4.79 Å². The lowest BCUT2D eigenvalue weighted by molar-refractivity contribution is 0.102. The van der Waals surface area contributed by atoms with Gasteiger partial charge in [-0.15, -0.1) is 0 Å². The van der Waals surface area contributed by atoms with E-state index in [9.17, 15) is 4.79 Å². The molecule has 2 heterocycles. The van der Waals surface area contributed by atoms with Crippen molar-refractivity contribution in [2.75, 3.05) is 24.3 Å². The Labute approximate surface area is 150 Å². The van der Waals surface area contributed by atoms with Crippen molar-refractivity contribution in [3.05, 3.63) is 72.6 Å². The SMILES string of the molecule is CN(C)c1nc2ccc(NC(=O)c3cccc(-n4cccc4)c3)cc2o1. The van der Waals surface area contributed by atoms with Crippen LogP contribution >= 0.6 is 0 Å². The Morgan fingerprint density at radius 1 is 1.08 bits per heavy atom. The zero-order chi connectivity index (χ0) is 18.1. The number of benzene rings is 2. The third-order valence-electron chi connectivity index (χ3n) is 4.03. The van der Waals surface area contributed by atoms with Crippen LogP contribution in [0.5, 0.6) is 0 Å². The van der Waals surface area contributed by atoms with Gasteiger partial charge in [0.1, 0.15) is 5.52 Å². The van der Waals surface area contributed by atoms with Crippen LogP contribution < -0.4 is 10.2 Å². The largest absolute Gasteiger partial charge is 0.423 e. The van der Waals surface area contributed by atoms with Crippen LogP contribution in [-0.2, 0) is 0 Å². The van der Waals surface area contributed by atoms with E-state index in [0.717, 1.165) is 11.2 Å². The molecule has 0 spiro atoms. The zero-order valence-electron chi connectivity index (χ0n) is 14.5. The highest BCUT2D eigenvalue weighted by Crippen LogP contribution is 2.24. The monoisotopic (exact) mass is 346 g/mol. The van der Waals surface area contributed by atoms with Crippen LogP contribution in [0.25, 0.3) is 16.8 Å². The van der Waals surface area contributed by atoms with Crippen molar-refractivity contribution in [1.29, 1.82) is 0 Å². The van der Waals surface area contributed by atoms with Crippen LogP contribution in [0.3, 0.4) is 0 Å². The highest BCUT2D eigenvalue weighted by Gasteiger charge is 2.11. The Balaban J connectivity index is 1.58. The van der Waals surface area contributed by atoms with Crippen LogP contribution in [0.2, 0.25) is 0 Å². The molecule has 0 fully saturated rings. The van der Waals surface area contributed by atoms with E-state index in [2.05, 4.69) is 10.3 Å². The van der Waals surface area contributed by atoms with Crippen molar-refractivity contribution in [2.45, 2.75) is 0 Å². The first-order valence-electron chi connectivity index (χ1n) is 8.23. The first kappa shape index (κ1) is 16.0. The number of hydrogen-bond donors (Lipinski definition) is 1. The molecule has 0 saturated carbocycles. The predicted molar refractivity (Wildman–Crippen MR) is 102 cm³/mol. The molecule has 1 amide bonds. The molecular weight excluding hydrogens is 328 g/mol. The van der Waals surface area contributed by atoms with Gasteiger partial charge in [-0.1, -0.05) is 6.07 Å². The van der Waals surface area contributed by atoms with Crippen molar-refractivity contribution in [2.24, 2.45) is 0 Å². The molecule has 0 aliphatic rings. The summed E-state index contributed by atoms with van der Waals surface area (Å²) in [5.74, 6) is -0.175. The maximum atomic E-state index is 12.6. The summed E-state index contributed by atoms with van der Waals surface area (Å²) in [5, 5.41) is 2.91. The Kier molecular flexibility index (Phi) is 3.93. The maximum Gasteiger partial charge on any atom is 0.297 e. The number of amides is 1. The molecule has 0 unspecified atom stereocenters. The molecule has 0 aliphatic carbocycles. The summed E-state index contributed by atoms with van der Waals surface area (Å²) in [5.41, 5.74) is 3.57. The van der Waals surface area contributed by atoms with Gasteiger partial charge in [0.05, 0.1) is 0 Å². The van der Waals surface area contributed by atoms with Gasteiger partial charge < -0.3 is 19.2 Å². The van der Waals surface area contributed by atoms with E-state index in [-0.39, 0.29) is 5.91 Å². The zero-order valence-corrected chi connectivity index (χ0v) is 14.5. The van der Waals surface area contributed by atoms with Crippen LogP contribution in [0.1, 0.15) is 10.4 Å². The van der Waals surface area contributed by atoms with Crippen molar-refractivity contribution in [3.8, 4) is 5.69 Å². The van der Waals surface area contributed by atoms with Gasteiger partial charge in [-0.05, 0) is 42.5 Å². The van der Waals surface area contributed by atoms with Gasteiger partial charge in [-0.2, -0.15) is 4.98 Å². The summed E-state index contributed by atoms with van der Waals surface area (Å²) in [4.78, 5) is 18.8. The summed E-state index contributed by atoms with van der Waals surface area (Å²) < 4.78 is 7.64. The van der Waals surface area contributed by atoms with E-state index >= 15 is 0 Å². The number of hydrogen-bond acceptors (Lipinski definition) is 4. The molecule has 0 bridgehead atoms. The first-order valence-corrected chi connectivity index (χ1v) is 8.23. The fourth-order valence-corrected chi connectivity index (χ4v) is 2.70. The summed E-state index contributed by atoms with van der Waals surface area (Å²) >= 11 is 0. The molecular formula is C20H18N4O2. The van der Waals surface area contributed by atoms with Crippen LogP contribution in [-0.4, -0.2) is 29.6 Å². The Hall–Kier alpha value is -3.54. The lowest BCUT2D eigenvalue weighted by atomic mass is 10.1. The molecule has 0 radical (unpaired) electrons. The van der Waals surface area contributed by atoms with E-state index in [4.69, 9.17) is 4.42 Å². The standard InChI is InChI=1S/C20H18N4O2/c1-23(2)20-22-17-9-8-15(13-18(17)26-20)21-19(25)14-6-5-7-16(12-14)24-10-3-4-11-24/h3-13H,1-2H3,(H,21,25). The van der Waals surface area contributed by atoms with Gasteiger partial charge >= 0.3 is 0 Å². The number of nitrogens with zero attached hydrogens (tertiary/aromatic N) is 3. The average Bonchev–Trinajstić information content (AvgIpc) is 3.31. The molecule has 130 valence electrons. The highest BCUT2D eigenvalue weighted by atomic mass is 16.4. The van der Waals surface area contributed by atoms with Crippen molar-refractivity contribution in [1.82, 2.24) is 9.55 Å². The van der Waals surface area contributed by atoms with Crippen molar-refractivity contribution >= 4 is 28.7 Å². The normalized spacial score (nSPS) is 10.8. The number of anilines is 2. The van der Waals surface area contributed by atoms with Gasteiger partial charge in [0.25, 0.3) is 11.9 Å². The molecule has 4 rings (SSSR count). The Morgan fingerprint density at radius 2 is 1.88 bits per heavy atom. The molecule has 6 nitrogen and oxygen atoms in total. The van der Waals surface area contributed by atoms with Gasteiger partial charge in [0, 0.05) is 49.5 Å². The summed E-state index contributed by atoms with van der Waals surface area (Å²) in [6.45, 7) is 0.